The molecule has 1 heterocycles. The summed E-state index contributed by atoms with van der Waals surface area (Å²) in [5.41, 5.74) is 2.54. The lowest BCUT2D eigenvalue weighted by Gasteiger charge is -2.17. The summed E-state index contributed by atoms with van der Waals surface area (Å²) >= 11 is 1.11. The largest absolute Gasteiger partial charge is 0.493 e. The molecule has 4 aromatic rings. The minimum absolute atomic E-state index is 0.0355. The number of benzene rings is 3. The second kappa shape index (κ2) is 11.2. The normalized spacial score (nSPS) is 10.8. The summed E-state index contributed by atoms with van der Waals surface area (Å²) in [5, 5.41) is 0.611. The average Bonchev–Trinajstić information content (AvgIpc) is 2.91. The molecule has 36 heavy (non-hydrogen) atoms. The number of aryl methyl sites for hydroxylation is 1. The molecule has 0 amide bonds. The molecule has 186 valence electrons. The Morgan fingerprint density at radius 1 is 0.944 bits per heavy atom. The molecule has 0 radical (unpaired) electrons. The fraction of sp³-hybridized carbons (Fsp3) is 0.222. The van der Waals surface area contributed by atoms with Crippen LogP contribution in [-0.4, -0.2) is 42.6 Å². The Hall–Kier alpha value is -3.98. The van der Waals surface area contributed by atoms with Crippen LogP contribution >= 0.6 is 11.8 Å². The van der Waals surface area contributed by atoms with Crippen LogP contribution in [0.15, 0.2) is 70.6 Å². The van der Waals surface area contributed by atoms with E-state index in [4.69, 9.17) is 23.9 Å². The van der Waals surface area contributed by atoms with Gasteiger partial charge in [-0.2, -0.15) is 0 Å². The molecule has 3 aromatic carbocycles. The van der Waals surface area contributed by atoms with Gasteiger partial charge in [0, 0.05) is 0 Å². The third kappa shape index (κ3) is 5.16. The van der Waals surface area contributed by atoms with Crippen LogP contribution in [0.4, 0.5) is 0 Å². The molecule has 0 fully saturated rings. The lowest BCUT2D eigenvalue weighted by molar-refractivity contribution is -0.141. The molecule has 0 atom stereocenters. The van der Waals surface area contributed by atoms with E-state index in [1.165, 1.54) is 25.9 Å². The van der Waals surface area contributed by atoms with E-state index in [1.54, 1.807) is 6.07 Å². The zero-order chi connectivity index (χ0) is 25.7. The first-order valence-corrected chi connectivity index (χ1v) is 12.1. The predicted octanol–water partition coefficient (Wildman–Crippen LogP) is 4.56. The summed E-state index contributed by atoms with van der Waals surface area (Å²) in [6.07, 6.45) is 0. The number of hydrogen-bond acceptors (Lipinski definition) is 8. The first-order chi connectivity index (χ1) is 17.5. The molecule has 0 spiro atoms. The van der Waals surface area contributed by atoms with E-state index in [0.29, 0.717) is 33.2 Å². The van der Waals surface area contributed by atoms with E-state index in [-0.39, 0.29) is 23.7 Å². The highest BCUT2D eigenvalue weighted by atomic mass is 32.2. The van der Waals surface area contributed by atoms with Gasteiger partial charge in [-0.25, -0.2) is 4.98 Å². The molecule has 0 unspecified atom stereocenters. The van der Waals surface area contributed by atoms with Gasteiger partial charge < -0.3 is 18.9 Å². The van der Waals surface area contributed by atoms with E-state index < -0.39 is 5.97 Å². The topological polar surface area (TPSA) is 88.9 Å². The van der Waals surface area contributed by atoms with Crippen molar-refractivity contribution in [3.8, 4) is 22.9 Å². The highest BCUT2D eigenvalue weighted by molar-refractivity contribution is 7.99. The number of ether oxygens (including phenoxy) is 4. The van der Waals surface area contributed by atoms with Crippen LogP contribution in [0.5, 0.6) is 17.2 Å². The Morgan fingerprint density at radius 2 is 1.64 bits per heavy atom. The zero-order valence-electron chi connectivity index (χ0n) is 20.4. The summed E-state index contributed by atoms with van der Waals surface area (Å²) < 4.78 is 23.3. The van der Waals surface area contributed by atoms with Gasteiger partial charge in [0.2, 0.25) is 5.75 Å². The van der Waals surface area contributed by atoms with E-state index in [1.807, 2.05) is 61.5 Å². The minimum atomic E-state index is -0.423. The average molecular weight is 507 g/mol. The number of carbonyl (C=O) groups is 1. The molecule has 0 aliphatic rings. The van der Waals surface area contributed by atoms with Crippen molar-refractivity contribution in [2.75, 3.05) is 27.1 Å². The summed E-state index contributed by atoms with van der Waals surface area (Å²) in [5.74, 6) is 0.486. The number of methoxy groups -OCH3 is 3. The summed E-state index contributed by atoms with van der Waals surface area (Å²) in [7, 11) is 4.44. The van der Waals surface area contributed by atoms with E-state index >= 15 is 0 Å². The lowest BCUT2D eigenvalue weighted by Crippen LogP contribution is -2.23. The van der Waals surface area contributed by atoms with Gasteiger partial charge >= 0.3 is 5.97 Å². The summed E-state index contributed by atoms with van der Waals surface area (Å²) in [4.78, 5) is 31.0. The molecule has 9 heteroatoms. The van der Waals surface area contributed by atoms with E-state index in [0.717, 1.165) is 22.9 Å². The number of aromatic nitrogens is 2. The maximum Gasteiger partial charge on any atom is 0.316 e. The monoisotopic (exact) mass is 506 g/mol. The van der Waals surface area contributed by atoms with Crippen LogP contribution in [-0.2, 0) is 16.1 Å². The number of nitrogens with zero attached hydrogens (tertiary/aromatic N) is 2. The first-order valence-electron chi connectivity index (χ1n) is 11.1. The summed E-state index contributed by atoms with van der Waals surface area (Å²) in [6.45, 7) is 2.13. The Balaban J connectivity index is 1.77. The van der Waals surface area contributed by atoms with Crippen LogP contribution in [0.25, 0.3) is 16.6 Å². The number of fused-ring (bicyclic) bond motifs is 1. The van der Waals surface area contributed by atoms with Crippen molar-refractivity contribution in [1.29, 1.82) is 0 Å². The van der Waals surface area contributed by atoms with Gasteiger partial charge in [-0.1, -0.05) is 59.8 Å². The Bertz CT molecular complexity index is 1440. The molecule has 0 saturated carbocycles. The molecular weight excluding hydrogens is 480 g/mol. The highest BCUT2D eigenvalue weighted by Gasteiger charge is 2.23. The molecule has 8 nitrogen and oxygen atoms in total. The van der Waals surface area contributed by atoms with Gasteiger partial charge in [-0.05, 0) is 30.7 Å². The van der Waals surface area contributed by atoms with Crippen molar-refractivity contribution < 1.29 is 23.7 Å². The maximum absolute atomic E-state index is 13.8. The molecule has 0 aliphatic heterocycles. The van der Waals surface area contributed by atoms with Crippen molar-refractivity contribution >= 4 is 28.6 Å². The molecule has 0 N–H and O–H groups in total. The number of thioether (sulfide) groups is 1. The second-order valence-electron chi connectivity index (χ2n) is 7.85. The smallest absolute Gasteiger partial charge is 0.316 e. The predicted molar refractivity (Wildman–Crippen MR) is 139 cm³/mol. The van der Waals surface area contributed by atoms with Crippen LogP contribution in [0.3, 0.4) is 0 Å². The quantitative estimate of drug-likeness (QED) is 0.186. The molecule has 0 aliphatic carbocycles. The van der Waals surface area contributed by atoms with Gasteiger partial charge in [-0.15, -0.1) is 0 Å². The van der Waals surface area contributed by atoms with Crippen LogP contribution < -0.4 is 19.8 Å². The fourth-order valence-corrected chi connectivity index (χ4v) is 4.49. The van der Waals surface area contributed by atoms with Gasteiger partial charge in [0.15, 0.2) is 16.7 Å². The third-order valence-electron chi connectivity index (χ3n) is 5.49. The van der Waals surface area contributed by atoms with Crippen molar-refractivity contribution in [2.24, 2.45) is 0 Å². The lowest BCUT2D eigenvalue weighted by atomic mass is 10.2. The van der Waals surface area contributed by atoms with Gasteiger partial charge in [0.1, 0.15) is 12.1 Å². The van der Waals surface area contributed by atoms with E-state index in [2.05, 4.69) is 0 Å². The minimum Gasteiger partial charge on any atom is -0.493 e. The second-order valence-corrected chi connectivity index (χ2v) is 8.79. The molecule has 0 saturated heterocycles. The van der Waals surface area contributed by atoms with Crippen molar-refractivity contribution in [2.45, 2.75) is 18.7 Å². The van der Waals surface area contributed by atoms with Gasteiger partial charge in [0.25, 0.3) is 5.56 Å². The molecule has 1 aromatic heterocycles. The van der Waals surface area contributed by atoms with Gasteiger partial charge in [0.05, 0.1) is 38.2 Å². The Labute approximate surface area is 212 Å². The fourth-order valence-electron chi connectivity index (χ4n) is 3.69. The molecular formula is C27H26N2O6S. The molecule has 4 rings (SSSR count). The zero-order valence-corrected chi connectivity index (χ0v) is 21.3. The van der Waals surface area contributed by atoms with Crippen LogP contribution in [0.2, 0.25) is 0 Å². The Kier molecular flexibility index (Phi) is 7.80. The highest BCUT2D eigenvalue weighted by Crippen LogP contribution is 2.42. The number of rotatable bonds is 9. The standard InChI is InChI=1S/C27H26N2O6S/c1-17-10-12-19(13-11-17)29-26(31)20-14-21(32-2)24(33-3)25(34-4)23(20)28-27(29)36-16-22(30)35-15-18-8-6-5-7-9-18/h5-14H,15-16H2,1-4H3. The first kappa shape index (κ1) is 25.1. The third-order valence-corrected chi connectivity index (χ3v) is 6.40. The molecule has 0 bridgehead atoms. The van der Waals surface area contributed by atoms with Gasteiger partial charge in [-0.3, -0.25) is 14.2 Å². The number of hydrogen-bond donors (Lipinski definition) is 0. The Morgan fingerprint density at radius 3 is 2.28 bits per heavy atom. The SMILES string of the molecule is COc1cc2c(=O)n(-c3ccc(C)cc3)c(SCC(=O)OCc3ccccc3)nc2c(OC)c1OC. The van der Waals surface area contributed by atoms with Crippen LogP contribution in [0.1, 0.15) is 11.1 Å². The van der Waals surface area contributed by atoms with Crippen LogP contribution in [0, 0.1) is 6.92 Å². The maximum atomic E-state index is 13.8. The van der Waals surface area contributed by atoms with Crippen molar-refractivity contribution in [3.63, 3.8) is 0 Å². The van der Waals surface area contributed by atoms with Crippen molar-refractivity contribution in [3.05, 3.63) is 82.1 Å². The number of carbonyl (C=O) groups excluding carboxylic acids is 1. The van der Waals surface area contributed by atoms with Crippen molar-refractivity contribution in [1.82, 2.24) is 9.55 Å². The number of esters is 1. The van der Waals surface area contributed by atoms with E-state index in [9.17, 15) is 9.59 Å². The summed E-state index contributed by atoms with van der Waals surface area (Å²) in [6, 6.07) is 18.5.